The number of fused-ring (bicyclic) bond motifs is 1. The molecular weight excluding hydrogens is 488 g/mol. The molecule has 194 valence electrons. The van der Waals surface area contributed by atoms with Crippen LogP contribution >= 0.6 is 0 Å². The second-order valence-corrected chi connectivity index (χ2v) is 9.23. The number of carbonyl (C=O) groups excluding carboxylic acids is 1. The second kappa shape index (κ2) is 11.4. The van der Waals surface area contributed by atoms with Crippen LogP contribution in [0.2, 0.25) is 0 Å². The molecule has 1 saturated heterocycles. The Balaban J connectivity index is 1.28. The maximum Gasteiger partial charge on any atom is 0.250 e. The Morgan fingerprint density at radius 3 is 2.66 bits per heavy atom. The molecule has 1 fully saturated rings. The van der Waals surface area contributed by atoms with Crippen molar-refractivity contribution in [3.8, 4) is 34.7 Å². The molecule has 4 aromatic rings. The van der Waals surface area contributed by atoms with Crippen LogP contribution < -0.4 is 10.1 Å². The van der Waals surface area contributed by atoms with Gasteiger partial charge in [-0.2, -0.15) is 0 Å². The largest absolute Gasteiger partial charge is 0.438 e. The lowest BCUT2D eigenvalue weighted by Crippen LogP contribution is -2.38. The van der Waals surface area contributed by atoms with Crippen LogP contribution in [0.15, 0.2) is 60.9 Å². The predicted octanol–water partition coefficient (Wildman–Crippen LogP) is 4.94. The molecule has 0 unspecified atom stereocenters. The fraction of sp³-hybridized carbons (Fsp3) is 0.276. The molecule has 38 heavy (non-hydrogen) atoms. The molecule has 0 spiro atoms. The number of ether oxygens (including phenoxy) is 1. The second-order valence-electron chi connectivity index (χ2n) is 9.23. The van der Waals surface area contributed by atoms with Gasteiger partial charge in [0.05, 0.1) is 11.9 Å². The topological polar surface area (TPSA) is 83.1 Å². The van der Waals surface area contributed by atoms with Crippen LogP contribution in [-0.4, -0.2) is 51.8 Å². The maximum absolute atomic E-state index is 13.4. The summed E-state index contributed by atoms with van der Waals surface area (Å²) in [4.78, 5) is 24.4. The van der Waals surface area contributed by atoms with Gasteiger partial charge < -0.3 is 15.0 Å². The highest BCUT2D eigenvalue weighted by atomic mass is 19.3. The molecule has 1 aliphatic rings. The molecule has 0 atom stereocenters. The van der Waals surface area contributed by atoms with E-state index in [4.69, 9.17) is 4.74 Å². The Bertz CT molecular complexity index is 1460. The number of aromatic nitrogens is 3. The Morgan fingerprint density at radius 1 is 1.05 bits per heavy atom. The first kappa shape index (κ1) is 25.4. The summed E-state index contributed by atoms with van der Waals surface area (Å²) in [6.45, 7) is 1.80. The standard InChI is InChI=1S/C29H27F2N5O2/c30-29(31)11-14-36(15-12-29)18-22-7-9-23(10-8-22)26-17-25-27(35-26)33-19-34-28(25)38-24-6-3-5-21(16-24)4-1-2-13-32-20-37/h3,5-10,16-17,19-20H,4,11-15,18H2,(H,32,37)(H,33,34,35). The average Bonchev–Trinajstić information content (AvgIpc) is 3.36. The first-order valence-corrected chi connectivity index (χ1v) is 12.4. The van der Waals surface area contributed by atoms with E-state index in [9.17, 15) is 13.6 Å². The summed E-state index contributed by atoms with van der Waals surface area (Å²) >= 11 is 0. The van der Waals surface area contributed by atoms with Crippen molar-refractivity contribution in [3.63, 3.8) is 0 Å². The van der Waals surface area contributed by atoms with Gasteiger partial charge in [0.2, 0.25) is 12.3 Å². The third-order valence-electron chi connectivity index (χ3n) is 6.45. The number of hydrogen-bond acceptors (Lipinski definition) is 5. The molecule has 0 radical (unpaired) electrons. The number of piperidine rings is 1. The van der Waals surface area contributed by atoms with Crippen molar-refractivity contribution in [1.82, 2.24) is 25.2 Å². The minimum atomic E-state index is -2.53. The lowest BCUT2D eigenvalue weighted by atomic mass is 10.0. The smallest absolute Gasteiger partial charge is 0.250 e. The lowest BCUT2D eigenvalue weighted by Gasteiger charge is -2.31. The van der Waals surface area contributed by atoms with E-state index in [1.165, 1.54) is 6.33 Å². The van der Waals surface area contributed by atoms with Gasteiger partial charge >= 0.3 is 0 Å². The number of amides is 1. The van der Waals surface area contributed by atoms with Gasteiger partial charge in [-0.15, -0.1) is 0 Å². The van der Waals surface area contributed by atoms with Crippen LogP contribution in [-0.2, 0) is 17.8 Å². The van der Waals surface area contributed by atoms with Crippen LogP contribution in [0.5, 0.6) is 11.6 Å². The fourth-order valence-corrected chi connectivity index (χ4v) is 4.39. The van der Waals surface area contributed by atoms with Crippen molar-refractivity contribution in [2.24, 2.45) is 0 Å². The van der Waals surface area contributed by atoms with E-state index in [2.05, 4.69) is 37.0 Å². The van der Waals surface area contributed by atoms with Crippen LogP contribution in [0, 0.1) is 11.8 Å². The van der Waals surface area contributed by atoms with E-state index in [1.54, 1.807) is 0 Å². The highest BCUT2D eigenvalue weighted by Crippen LogP contribution is 2.32. The Labute approximate surface area is 219 Å². The number of halogens is 2. The zero-order valence-corrected chi connectivity index (χ0v) is 20.7. The normalized spacial score (nSPS) is 15.0. The summed E-state index contributed by atoms with van der Waals surface area (Å²) in [7, 11) is 0. The quantitative estimate of drug-likeness (QED) is 0.197. The van der Waals surface area contributed by atoms with Crippen molar-refractivity contribution in [2.45, 2.75) is 31.7 Å². The summed E-state index contributed by atoms with van der Waals surface area (Å²) in [5, 5.41) is 3.27. The zero-order chi connectivity index (χ0) is 26.4. The SMILES string of the molecule is O=CNCC#CCc1cccc(Oc2ncnc3[nH]c(-c4ccc(CN5CCC(F)(F)CC5)cc4)cc23)c1. The number of rotatable bonds is 8. The van der Waals surface area contributed by atoms with E-state index in [0.717, 1.165) is 27.8 Å². The number of nitrogens with one attached hydrogen (secondary N) is 2. The van der Waals surface area contributed by atoms with Crippen LogP contribution in [0.4, 0.5) is 8.78 Å². The molecule has 2 N–H and O–H groups in total. The highest BCUT2D eigenvalue weighted by Gasteiger charge is 2.33. The number of aromatic amines is 1. The summed E-state index contributed by atoms with van der Waals surface area (Å²) in [5.74, 6) is 4.45. The molecule has 0 saturated carbocycles. The van der Waals surface area contributed by atoms with Gasteiger partial charge in [-0.3, -0.25) is 9.69 Å². The highest BCUT2D eigenvalue weighted by molar-refractivity contribution is 5.87. The van der Waals surface area contributed by atoms with Gasteiger partial charge in [0.1, 0.15) is 17.7 Å². The number of benzene rings is 2. The molecule has 1 amide bonds. The molecule has 5 rings (SSSR count). The molecule has 3 heterocycles. The third-order valence-corrected chi connectivity index (χ3v) is 6.45. The van der Waals surface area contributed by atoms with E-state index < -0.39 is 5.92 Å². The first-order chi connectivity index (χ1) is 18.5. The minimum Gasteiger partial charge on any atom is -0.438 e. The lowest BCUT2D eigenvalue weighted by molar-refractivity contribution is -0.109. The Kier molecular flexibility index (Phi) is 7.61. The van der Waals surface area contributed by atoms with Gasteiger partial charge in [0.15, 0.2) is 0 Å². The van der Waals surface area contributed by atoms with Crippen molar-refractivity contribution in [2.75, 3.05) is 19.6 Å². The molecular formula is C29H27F2N5O2. The van der Waals surface area contributed by atoms with E-state index in [0.29, 0.717) is 56.3 Å². The summed E-state index contributed by atoms with van der Waals surface area (Å²) in [6.07, 6.45) is 2.45. The summed E-state index contributed by atoms with van der Waals surface area (Å²) < 4.78 is 33.0. The average molecular weight is 516 g/mol. The Hall–Kier alpha value is -4.29. The molecule has 0 aliphatic carbocycles. The minimum absolute atomic E-state index is 0.0792. The monoisotopic (exact) mass is 515 g/mol. The van der Waals surface area contributed by atoms with E-state index in [1.807, 2.05) is 54.6 Å². The molecule has 9 heteroatoms. The van der Waals surface area contributed by atoms with Gasteiger partial charge in [0.25, 0.3) is 5.92 Å². The van der Waals surface area contributed by atoms with E-state index >= 15 is 0 Å². The fourth-order valence-electron chi connectivity index (χ4n) is 4.39. The number of likely N-dealkylation sites (tertiary alicyclic amines) is 1. The molecule has 7 nitrogen and oxygen atoms in total. The third kappa shape index (κ3) is 6.33. The molecule has 0 bridgehead atoms. The zero-order valence-electron chi connectivity index (χ0n) is 20.7. The molecule has 2 aromatic heterocycles. The summed E-state index contributed by atoms with van der Waals surface area (Å²) in [5.41, 5.74) is 4.59. The summed E-state index contributed by atoms with van der Waals surface area (Å²) in [6, 6.07) is 17.7. The number of carbonyl (C=O) groups is 1. The van der Waals surface area contributed by atoms with Gasteiger partial charge in [-0.25, -0.2) is 18.7 Å². The first-order valence-electron chi connectivity index (χ1n) is 12.4. The number of H-pyrrole nitrogens is 1. The Morgan fingerprint density at radius 2 is 1.87 bits per heavy atom. The number of nitrogens with zero attached hydrogens (tertiary/aromatic N) is 3. The molecule has 1 aliphatic heterocycles. The number of hydrogen-bond donors (Lipinski definition) is 2. The van der Waals surface area contributed by atoms with Gasteiger partial charge in [-0.05, 0) is 34.9 Å². The van der Waals surface area contributed by atoms with Crippen LogP contribution in [0.25, 0.3) is 22.3 Å². The van der Waals surface area contributed by atoms with Gasteiger partial charge in [0, 0.05) is 44.6 Å². The van der Waals surface area contributed by atoms with Crippen LogP contribution in [0.1, 0.15) is 24.0 Å². The van der Waals surface area contributed by atoms with Crippen molar-refractivity contribution in [1.29, 1.82) is 0 Å². The maximum atomic E-state index is 13.4. The predicted molar refractivity (Wildman–Crippen MR) is 141 cm³/mol. The van der Waals surface area contributed by atoms with Crippen LogP contribution in [0.3, 0.4) is 0 Å². The van der Waals surface area contributed by atoms with Crippen molar-refractivity contribution >= 4 is 17.4 Å². The van der Waals surface area contributed by atoms with Crippen molar-refractivity contribution < 1.29 is 18.3 Å². The van der Waals surface area contributed by atoms with Crippen molar-refractivity contribution in [3.05, 3.63) is 72.1 Å². The number of alkyl halides is 2. The molecule has 2 aromatic carbocycles. The van der Waals surface area contributed by atoms with E-state index in [-0.39, 0.29) is 12.8 Å². The van der Waals surface area contributed by atoms with Gasteiger partial charge in [-0.1, -0.05) is 48.2 Å².